The molecule has 1 aromatic heterocycles. The van der Waals surface area contributed by atoms with Gasteiger partial charge in [-0.25, -0.2) is 9.97 Å². The number of halogens is 2. The molecule has 0 aliphatic rings. The molecule has 0 fully saturated rings. The lowest BCUT2D eigenvalue weighted by Crippen LogP contribution is -2.04. The molecule has 1 heterocycles. The van der Waals surface area contributed by atoms with Gasteiger partial charge in [0.05, 0.1) is 0 Å². The van der Waals surface area contributed by atoms with Crippen molar-refractivity contribution in [2.45, 2.75) is 13.8 Å². The van der Waals surface area contributed by atoms with Crippen molar-refractivity contribution in [3.05, 3.63) is 39.6 Å². The van der Waals surface area contributed by atoms with E-state index in [1.54, 1.807) is 0 Å². The molecule has 0 aliphatic heterocycles. The molecule has 0 atom stereocenters. The third-order valence-corrected chi connectivity index (χ3v) is 3.57. The fraction of sp³-hybridized carbons (Fsp3) is 0.231. The second-order valence-electron chi connectivity index (χ2n) is 4.00. The number of hydrogen-bond donors (Lipinski definition) is 2. The molecule has 1 aromatic carbocycles. The minimum absolute atomic E-state index is 0.685. The van der Waals surface area contributed by atoms with Gasteiger partial charge >= 0.3 is 0 Å². The zero-order valence-corrected chi connectivity index (χ0v) is 13.0. The normalized spacial score (nSPS) is 10.3. The Labute approximate surface area is 125 Å². The van der Waals surface area contributed by atoms with Crippen LogP contribution in [0.25, 0.3) is 0 Å². The third kappa shape index (κ3) is 3.36. The molecule has 0 amide bonds. The summed E-state index contributed by atoms with van der Waals surface area (Å²) >= 11 is 9.51. The Morgan fingerprint density at radius 2 is 2.00 bits per heavy atom. The summed E-state index contributed by atoms with van der Waals surface area (Å²) in [7, 11) is 0. The van der Waals surface area contributed by atoms with Gasteiger partial charge in [-0.1, -0.05) is 17.7 Å². The number of nitrogens with one attached hydrogen (secondary N) is 2. The van der Waals surface area contributed by atoms with Crippen molar-refractivity contribution in [1.29, 1.82) is 0 Å². The first-order chi connectivity index (χ1) is 9.11. The molecule has 0 saturated carbocycles. The highest BCUT2D eigenvalue weighted by atomic mass is 79.9. The Morgan fingerprint density at radius 3 is 2.74 bits per heavy atom. The van der Waals surface area contributed by atoms with Crippen molar-refractivity contribution in [3.63, 3.8) is 0 Å². The minimum atomic E-state index is 0.685. The van der Waals surface area contributed by atoms with Gasteiger partial charge < -0.3 is 10.6 Å². The smallest absolute Gasteiger partial charge is 0.150 e. The van der Waals surface area contributed by atoms with Gasteiger partial charge in [0.1, 0.15) is 22.4 Å². The highest BCUT2D eigenvalue weighted by Crippen LogP contribution is 2.30. The molecule has 0 radical (unpaired) electrons. The standard InChI is InChI=1S/C13H14BrClN4/c1-3-16-12-11(14)13(18-7-17-12)19-10-6-9(15)5-4-8(10)2/h4-7H,3H2,1-2H3,(H2,16,17,18,19). The summed E-state index contributed by atoms with van der Waals surface area (Å²) < 4.78 is 0.802. The second-order valence-corrected chi connectivity index (χ2v) is 5.23. The monoisotopic (exact) mass is 340 g/mol. The Balaban J connectivity index is 2.33. The van der Waals surface area contributed by atoms with Gasteiger partial charge in [-0.3, -0.25) is 0 Å². The van der Waals surface area contributed by atoms with Gasteiger partial charge in [0.25, 0.3) is 0 Å². The topological polar surface area (TPSA) is 49.8 Å². The summed E-state index contributed by atoms with van der Waals surface area (Å²) in [5, 5.41) is 7.11. The molecule has 100 valence electrons. The fourth-order valence-electron chi connectivity index (χ4n) is 1.60. The van der Waals surface area contributed by atoms with Crippen molar-refractivity contribution in [3.8, 4) is 0 Å². The van der Waals surface area contributed by atoms with E-state index in [9.17, 15) is 0 Å². The summed E-state index contributed by atoms with van der Waals surface area (Å²) in [6.07, 6.45) is 1.52. The van der Waals surface area contributed by atoms with Crippen molar-refractivity contribution in [2.75, 3.05) is 17.2 Å². The number of hydrogen-bond acceptors (Lipinski definition) is 4. The van der Waals surface area contributed by atoms with Crippen molar-refractivity contribution >= 4 is 44.9 Å². The van der Waals surface area contributed by atoms with Gasteiger partial charge in [-0.2, -0.15) is 0 Å². The lowest BCUT2D eigenvalue weighted by atomic mass is 10.2. The molecule has 0 unspecified atom stereocenters. The number of aromatic nitrogens is 2. The predicted molar refractivity (Wildman–Crippen MR) is 83.4 cm³/mol. The van der Waals surface area contributed by atoms with Crippen LogP contribution in [-0.2, 0) is 0 Å². The van der Waals surface area contributed by atoms with Crippen LogP contribution in [0.2, 0.25) is 5.02 Å². The van der Waals surface area contributed by atoms with Crippen LogP contribution in [0.4, 0.5) is 17.3 Å². The van der Waals surface area contributed by atoms with Crippen LogP contribution in [0.3, 0.4) is 0 Å². The second kappa shape index (κ2) is 6.21. The summed E-state index contributed by atoms with van der Waals surface area (Å²) in [6.45, 7) is 4.83. The van der Waals surface area contributed by atoms with E-state index in [4.69, 9.17) is 11.6 Å². The predicted octanol–water partition coefficient (Wildman–Crippen LogP) is 4.38. The minimum Gasteiger partial charge on any atom is -0.369 e. The zero-order valence-electron chi connectivity index (χ0n) is 10.7. The van der Waals surface area contributed by atoms with E-state index < -0.39 is 0 Å². The first-order valence-electron chi connectivity index (χ1n) is 5.89. The Bertz CT molecular complexity index is 589. The van der Waals surface area contributed by atoms with Crippen LogP contribution in [0.1, 0.15) is 12.5 Å². The van der Waals surface area contributed by atoms with Crippen LogP contribution >= 0.6 is 27.5 Å². The molecule has 0 saturated heterocycles. The number of nitrogens with zero attached hydrogens (tertiary/aromatic N) is 2. The fourth-order valence-corrected chi connectivity index (χ4v) is 2.22. The van der Waals surface area contributed by atoms with Crippen LogP contribution in [0.15, 0.2) is 29.0 Å². The highest BCUT2D eigenvalue weighted by molar-refractivity contribution is 9.10. The van der Waals surface area contributed by atoms with Crippen molar-refractivity contribution < 1.29 is 0 Å². The average Bonchev–Trinajstić information content (AvgIpc) is 2.39. The van der Waals surface area contributed by atoms with E-state index in [1.807, 2.05) is 32.0 Å². The number of rotatable bonds is 4. The van der Waals surface area contributed by atoms with E-state index in [0.29, 0.717) is 10.8 Å². The van der Waals surface area contributed by atoms with E-state index in [1.165, 1.54) is 6.33 Å². The molecular formula is C13H14BrClN4. The number of benzene rings is 1. The van der Waals surface area contributed by atoms with Crippen LogP contribution in [0, 0.1) is 6.92 Å². The summed E-state index contributed by atoms with van der Waals surface area (Å²) in [5.74, 6) is 1.47. The van der Waals surface area contributed by atoms with E-state index in [-0.39, 0.29) is 0 Å². The quantitative estimate of drug-likeness (QED) is 0.866. The van der Waals surface area contributed by atoms with Gasteiger partial charge in [0, 0.05) is 17.3 Å². The molecule has 4 nitrogen and oxygen atoms in total. The zero-order chi connectivity index (χ0) is 13.8. The van der Waals surface area contributed by atoms with E-state index in [2.05, 4.69) is 36.5 Å². The van der Waals surface area contributed by atoms with Gasteiger partial charge in [0.15, 0.2) is 0 Å². The van der Waals surface area contributed by atoms with E-state index in [0.717, 1.165) is 28.1 Å². The van der Waals surface area contributed by atoms with Gasteiger partial charge in [-0.15, -0.1) is 0 Å². The molecule has 0 spiro atoms. The Kier molecular flexibility index (Phi) is 4.61. The summed E-state index contributed by atoms with van der Waals surface area (Å²) in [4.78, 5) is 8.41. The Morgan fingerprint density at radius 1 is 1.26 bits per heavy atom. The first kappa shape index (κ1) is 14.1. The molecular weight excluding hydrogens is 328 g/mol. The van der Waals surface area contributed by atoms with Crippen LogP contribution < -0.4 is 10.6 Å². The lowest BCUT2D eigenvalue weighted by molar-refractivity contribution is 1.10. The van der Waals surface area contributed by atoms with Crippen LogP contribution in [0.5, 0.6) is 0 Å². The largest absolute Gasteiger partial charge is 0.369 e. The molecule has 19 heavy (non-hydrogen) atoms. The van der Waals surface area contributed by atoms with E-state index >= 15 is 0 Å². The van der Waals surface area contributed by atoms with Gasteiger partial charge in [-0.05, 0) is 47.5 Å². The molecule has 2 N–H and O–H groups in total. The number of anilines is 3. The van der Waals surface area contributed by atoms with Crippen LogP contribution in [-0.4, -0.2) is 16.5 Å². The molecule has 0 bridgehead atoms. The maximum absolute atomic E-state index is 6.01. The average molecular weight is 342 g/mol. The molecule has 6 heteroatoms. The summed E-state index contributed by atoms with van der Waals surface area (Å²) in [6, 6.07) is 5.70. The first-order valence-corrected chi connectivity index (χ1v) is 7.06. The molecule has 2 aromatic rings. The molecule has 2 rings (SSSR count). The maximum atomic E-state index is 6.01. The SMILES string of the molecule is CCNc1ncnc(Nc2cc(Cl)ccc2C)c1Br. The third-order valence-electron chi connectivity index (χ3n) is 2.59. The highest BCUT2D eigenvalue weighted by Gasteiger charge is 2.09. The lowest BCUT2D eigenvalue weighted by Gasteiger charge is -2.12. The van der Waals surface area contributed by atoms with Gasteiger partial charge in [0.2, 0.25) is 0 Å². The van der Waals surface area contributed by atoms with Crippen molar-refractivity contribution in [1.82, 2.24) is 9.97 Å². The summed E-state index contributed by atoms with van der Waals surface area (Å²) in [5.41, 5.74) is 2.02. The van der Waals surface area contributed by atoms with Crippen molar-refractivity contribution in [2.24, 2.45) is 0 Å². The number of aryl methyl sites for hydroxylation is 1. The molecule has 0 aliphatic carbocycles. The maximum Gasteiger partial charge on any atom is 0.150 e. The Hall–Kier alpha value is -1.33.